The number of nitrogens with two attached hydrogens (primary N) is 1. The molecule has 2 N–H and O–H groups in total. The van der Waals surface area contributed by atoms with Crippen LogP contribution in [0.1, 0.15) is 70.5 Å². The Morgan fingerprint density at radius 2 is 1.56 bits per heavy atom. The van der Waals surface area contributed by atoms with E-state index in [9.17, 15) is 0 Å². The van der Waals surface area contributed by atoms with Crippen LogP contribution in [0, 0.1) is 26.2 Å². The molecule has 2 aromatic carbocycles. The minimum atomic E-state index is 0.750. The summed E-state index contributed by atoms with van der Waals surface area (Å²) in [4.78, 5) is 0. The zero-order valence-corrected chi connectivity index (χ0v) is 26.3. The molecule has 0 amide bonds. The van der Waals surface area contributed by atoms with Gasteiger partial charge in [0.2, 0.25) is 0 Å². The number of rotatable bonds is 6. The van der Waals surface area contributed by atoms with E-state index in [2.05, 4.69) is 103 Å². The Balaban J connectivity index is 0. The molecule has 1 heterocycles. The van der Waals surface area contributed by atoms with Gasteiger partial charge in [0.25, 0.3) is 0 Å². The summed E-state index contributed by atoms with van der Waals surface area (Å²) in [5.74, 6) is 4.42. The Morgan fingerprint density at radius 1 is 1.00 bits per heavy atom. The van der Waals surface area contributed by atoms with Crippen LogP contribution in [-0.4, -0.2) is 21.3 Å². The standard InChI is InChI=1S/C19H21N3S.C7H10.2C3H6.C2H7N/c1-4-18-20-21-19(22(18)17-10-8-14(2)9-11-17)23-13-16-7-5-6-15(3)12-16;1-4-5-6-7(2)3;2*1-3-2;1-2-3/h5-12H,4,13H2,1-3H3;1,6H,5H2,2-3H3;2*3H,1H2,2H3;2-3H2,1H3. The fraction of sp³-hybridized carbons (Fsp3) is 0.353. The molecule has 0 spiro atoms. The number of aromatic nitrogens is 3. The van der Waals surface area contributed by atoms with Crippen LogP contribution in [0.25, 0.3) is 5.69 Å². The van der Waals surface area contributed by atoms with Crippen molar-refractivity contribution in [1.29, 1.82) is 0 Å². The van der Waals surface area contributed by atoms with Crippen LogP contribution in [0.2, 0.25) is 0 Å². The van der Waals surface area contributed by atoms with Gasteiger partial charge in [0.15, 0.2) is 5.16 Å². The van der Waals surface area contributed by atoms with Gasteiger partial charge in [0.05, 0.1) is 0 Å². The lowest BCUT2D eigenvalue weighted by Gasteiger charge is -2.10. The molecule has 0 aliphatic rings. The van der Waals surface area contributed by atoms with Crippen LogP contribution in [0.5, 0.6) is 0 Å². The maximum atomic E-state index is 4.98. The van der Waals surface area contributed by atoms with Gasteiger partial charge in [-0.2, -0.15) is 0 Å². The second-order valence-electron chi connectivity index (χ2n) is 8.62. The Bertz CT molecular complexity index is 1110. The van der Waals surface area contributed by atoms with Crippen molar-refractivity contribution in [3.05, 3.63) is 108 Å². The summed E-state index contributed by atoms with van der Waals surface area (Å²) in [6.07, 6.45) is 12.1. The molecule has 0 atom stereocenters. The molecular weight excluding hydrogens is 496 g/mol. The van der Waals surface area contributed by atoms with E-state index in [0.717, 1.165) is 41.8 Å². The van der Waals surface area contributed by atoms with Gasteiger partial charge in [-0.05, 0) is 65.8 Å². The predicted molar refractivity (Wildman–Crippen MR) is 176 cm³/mol. The van der Waals surface area contributed by atoms with E-state index in [-0.39, 0.29) is 0 Å². The van der Waals surface area contributed by atoms with Crippen molar-refractivity contribution in [3.8, 4) is 18.0 Å². The van der Waals surface area contributed by atoms with Crippen LogP contribution >= 0.6 is 11.8 Å². The third-order valence-electron chi connectivity index (χ3n) is 4.39. The molecule has 0 radical (unpaired) electrons. The van der Waals surface area contributed by atoms with Crippen molar-refractivity contribution >= 4 is 11.8 Å². The fourth-order valence-electron chi connectivity index (χ4n) is 2.79. The first-order valence-electron chi connectivity index (χ1n) is 13.3. The van der Waals surface area contributed by atoms with Crippen LogP contribution in [-0.2, 0) is 12.2 Å². The van der Waals surface area contributed by atoms with E-state index < -0.39 is 0 Å². The average molecular weight is 547 g/mol. The fourth-order valence-corrected chi connectivity index (χ4v) is 3.70. The predicted octanol–water partition coefficient (Wildman–Crippen LogP) is 9.06. The van der Waals surface area contributed by atoms with Gasteiger partial charge in [-0.15, -0.1) is 35.7 Å². The molecule has 5 heteroatoms. The van der Waals surface area contributed by atoms with Crippen LogP contribution in [0.15, 0.2) is 90.6 Å². The van der Waals surface area contributed by atoms with Crippen molar-refractivity contribution in [2.24, 2.45) is 5.73 Å². The van der Waals surface area contributed by atoms with Gasteiger partial charge in [-0.25, -0.2) is 0 Å². The van der Waals surface area contributed by atoms with E-state index in [1.807, 2.05) is 40.7 Å². The Kier molecular flexibility index (Phi) is 24.2. The van der Waals surface area contributed by atoms with Gasteiger partial charge >= 0.3 is 0 Å². The lowest BCUT2D eigenvalue weighted by Crippen LogP contribution is -2.02. The number of allylic oxidation sites excluding steroid dienone is 4. The monoisotopic (exact) mass is 546 g/mol. The third-order valence-corrected chi connectivity index (χ3v) is 5.39. The second-order valence-corrected chi connectivity index (χ2v) is 9.56. The minimum Gasteiger partial charge on any atom is -0.331 e. The molecule has 0 saturated heterocycles. The second kappa shape index (κ2) is 25.0. The van der Waals surface area contributed by atoms with Gasteiger partial charge in [-0.3, -0.25) is 4.57 Å². The number of hydrogen-bond acceptors (Lipinski definition) is 4. The summed E-state index contributed by atoms with van der Waals surface area (Å²) in [5.41, 5.74) is 11.1. The van der Waals surface area contributed by atoms with Gasteiger partial charge in [0, 0.05) is 24.3 Å². The average Bonchev–Trinajstić information content (AvgIpc) is 3.31. The number of aryl methyl sites for hydroxylation is 3. The van der Waals surface area contributed by atoms with E-state index in [4.69, 9.17) is 12.2 Å². The summed E-state index contributed by atoms with van der Waals surface area (Å²) in [6, 6.07) is 17.1. The van der Waals surface area contributed by atoms with Crippen LogP contribution < -0.4 is 5.73 Å². The topological polar surface area (TPSA) is 56.7 Å². The van der Waals surface area contributed by atoms with Crippen LogP contribution in [0.3, 0.4) is 0 Å². The van der Waals surface area contributed by atoms with Crippen molar-refractivity contribution in [2.75, 3.05) is 6.54 Å². The van der Waals surface area contributed by atoms with Gasteiger partial charge < -0.3 is 5.73 Å². The smallest absolute Gasteiger partial charge is 0.196 e. The molecule has 39 heavy (non-hydrogen) atoms. The highest BCUT2D eigenvalue weighted by Gasteiger charge is 2.13. The first-order valence-corrected chi connectivity index (χ1v) is 14.3. The quantitative estimate of drug-likeness (QED) is 0.190. The van der Waals surface area contributed by atoms with E-state index in [1.165, 1.54) is 22.3 Å². The Morgan fingerprint density at radius 3 is 2.00 bits per heavy atom. The van der Waals surface area contributed by atoms with Crippen molar-refractivity contribution in [3.63, 3.8) is 0 Å². The van der Waals surface area contributed by atoms with E-state index in [1.54, 1.807) is 23.9 Å². The number of hydrogen-bond donors (Lipinski definition) is 1. The summed E-state index contributed by atoms with van der Waals surface area (Å²) in [6.45, 7) is 23.6. The maximum Gasteiger partial charge on any atom is 0.196 e. The number of terminal acetylenes is 1. The highest BCUT2D eigenvalue weighted by atomic mass is 32.2. The molecule has 1 aromatic heterocycles. The molecule has 0 unspecified atom stereocenters. The first-order chi connectivity index (χ1) is 18.7. The molecule has 0 bridgehead atoms. The zero-order valence-electron chi connectivity index (χ0n) is 25.5. The molecule has 0 aliphatic carbocycles. The molecule has 0 saturated carbocycles. The summed E-state index contributed by atoms with van der Waals surface area (Å²) < 4.78 is 2.17. The molecule has 0 aliphatic heterocycles. The molecule has 3 aromatic rings. The minimum absolute atomic E-state index is 0.750. The molecule has 212 valence electrons. The highest BCUT2D eigenvalue weighted by Crippen LogP contribution is 2.26. The summed E-state index contributed by atoms with van der Waals surface area (Å²) in [5, 5.41) is 9.71. The van der Waals surface area contributed by atoms with Crippen molar-refractivity contribution < 1.29 is 0 Å². The summed E-state index contributed by atoms with van der Waals surface area (Å²) >= 11 is 1.73. The Hall–Kier alpha value is -3.33. The van der Waals surface area contributed by atoms with Crippen LogP contribution in [0.4, 0.5) is 0 Å². The first kappa shape index (κ1) is 37.8. The Labute approximate surface area is 243 Å². The van der Waals surface area contributed by atoms with Crippen molar-refractivity contribution in [2.45, 2.75) is 79.1 Å². The molecule has 0 fully saturated rings. The maximum absolute atomic E-state index is 4.98. The number of nitrogens with zero attached hydrogens (tertiary/aromatic N) is 3. The molecule has 4 nitrogen and oxygen atoms in total. The number of thioether (sulfide) groups is 1. The van der Waals surface area contributed by atoms with E-state index in [0.29, 0.717) is 0 Å². The highest BCUT2D eigenvalue weighted by molar-refractivity contribution is 7.98. The lowest BCUT2D eigenvalue weighted by molar-refractivity contribution is 0.836. The molecule has 3 rings (SSSR count). The van der Waals surface area contributed by atoms with Gasteiger partial charge in [-0.1, -0.05) is 96.9 Å². The largest absolute Gasteiger partial charge is 0.331 e. The SMILES string of the molecule is C#CCC=C(C)C.C=CC.C=CC.CCN.CCc1nnc(SCc2cccc(C)c2)n1-c1ccc(C)cc1. The lowest BCUT2D eigenvalue weighted by atomic mass is 10.2. The van der Waals surface area contributed by atoms with Gasteiger partial charge in [0.1, 0.15) is 5.82 Å². The zero-order chi connectivity index (χ0) is 30.1. The number of benzene rings is 2. The molecular formula is C34H50N4S. The van der Waals surface area contributed by atoms with Crippen molar-refractivity contribution in [1.82, 2.24) is 14.8 Å². The summed E-state index contributed by atoms with van der Waals surface area (Å²) in [7, 11) is 0. The normalized spacial score (nSPS) is 8.82. The third kappa shape index (κ3) is 18.5. The van der Waals surface area contributed by atoms with E-state index >= 15 is 0 Å².